The topological polar surface area (TPSA) is 39.1 Å². The van der Waals surface area contributed by atoms with E-state index < -0.39 is 0 Å². The van der Waals surface area contributed by atoms with E-state index in [1.807, 2.05) is 29.1 Å². The van der Waals surface area contributed by atoms with Crippen LogP contribution in [0.5, 0.6) is 5.75 Å². The van der Waals surface area contributed by atoms with Gasteiger partial charge in [-0.2, -0.15) is 5.10 Å². The van der Waals surface area contributed by atoms with Crippen LogP contribution in [-0.4, -0.2) is 23.4 Å². The molecule has 4 heteroatoms. The molecule has 1 heterocycles. The van der Waals surface area contributed by atoms with E-state index in [1.165, 1.54) is 5.56 Å². The molecule has 0 bridgehead atoms. The standard InChI is InChI=1S/C14H19N3O/c1-12(13-5-3-6-14(11-13)18-2)15-8-10-17-9-4-7-16-17/h3-7,9,11-12,15H,8,10H2,1-2H3. The van der Waals surface area contributed by atoms with Gasteiger partial charge < -0.3 is 10.1 Å². The van der Waals surface area contributed by atoms with Crippen LogP contribution in [-0.2, 0) is 6.54 Å². The molecule has 1 atom stereocenters. The lowest BCUT2D eigenvalue weighted by Crippen LogP contribution is -2.23. The molecule has 2 aromatic rings. The van der Waals surface area contributed by atoms with E-state index in [1.54, 1.807) is 13.3 Å². The van der Waals surface area contributed by atoms with Crippen molar-refractivity contribution in [2.24, 2.45) is 0 Å². The van der Waals surface area contributed by atoms with Gasteiger partial charge in [-0.1, -0.05) is 12.1 Å². The molecule has 0 radical (unpaired) electrons. The number of ether oxygens (including phenoxy) is 1. The van der Waals surface area contributed by atoms with Gasteiger partial charge in [0.25, 0.3) is 0 Å². The van der Waals surface area contributed by atoms with E-state index in [2.05, 4.69) is 29.5 Å². The fraction of sp³-hybridized carbons (Fsp3) is 0.357. The van der Waals surface area contributed by atoms with Gasteiger partial charge >= 0.3 is 0 Å². The maximum Gasteiger partial charge on any atom is 0.119 e. The average molecular weight is 245 g/mol. The first kappa shape index (κ1) is 12.6. The predicted octanol–water partition coefficient (Wildman–Crippen LogP) is 2.24. The van der Waals surface area contributed by atoms with Crippen molar-refractivity contribution < 1.29 is 4.74 Å². The van der Waals surface area contributed by atoms with Gasteiger partial charge in [-0.25, -0.2) is 0 Å². The smallest absolute Gasteiger partial charge is 0.119 e. The van der Waals surface area contributed by atoms with Crippen molar-refractivity contribution in [2.75, 3.05) is 13.7 Å². The van der Waals surface area contributed by atoms with Crippen molar-refractivity contribution in [3.05, 3.63) is 48.3 Å². The quantitative estimate of drug-likeness (QED) is 0.848. The molecule has 1 N–H and O–H groups in total. The largest absolute Gasteiger partial charge is 0.497 e. The van der Waals surface area contributed by atoms with Gasteiger partial charge in [-0.15, -0.1) is 0 Å². The van der Waals surface area contributed by atoms with E-state index in [4.69, 9.17) is 4.74 Å². The number of methoxy groups -OCH3 is 1. The number of aromatic nitrogens is 2. The molecule has 0 aliphatic heterocycles. The summed E-state index contributed by atoms with van der Waals surface area (Å²) in [5.74, 6) is 0.897. The lowest BCUT2D eigenvalue weighted by atomic mass is 10.1. The number of hydrogen-bond donors (Lipinski definition) is 1. The van der Waals surface area contributed by atoms with Crippen LogP contribution in [0.1, 0.15) is 18.5 Å². The first-order valence-electron chi connectivity index (χ1n) is 6.14. The number of rotatable bonds is 6. The highest BCUT2D eigenvalue weighted by Gasteiger charge is 2.05. The van der Waals surface area contributed by atoms with Crippen molar-refractivity contribution in [3.63, 3.8) is 0 Å². The van der Waals surface area contributed by atoms with Crippen molar-refractivity contribution in [3.8, 4) is 5.75 Å². The summed E-state index contributed by atoms with van der Waals surface area (Å²) in [5, 5.41) is 7.64. The Labute approximate surface area is 108 Å². The van der Waals surface area contributed by atoms with Gasteiger partial charge in [0.1, 0.15) is 5.75 Å². The third-order valence-electron chi connectivity index (χ3n) is 2.94. The highest BCUT2D eigenvalue weighted by molar-refractivity contribution is 5.30. The molecule has 0 saturated heterocycles. The summed E-state index contributed by atoms with van der Waals surface area (Å²) >= 11 is 0. The van der Waals surface area contributed by atoms with Gasteiger partial charge in [0.2, 0.25) is 0 Å². The maximum absolute atomic E-state index is 5.23. The Balaban J connectivity index is 1.85. The van der Waals surface area contributed by atoms with Crippen molar-refractivity contribution in [1.82, 2.24) is 15.1 Å². The highest BCUT2D eigenvalue weighted by atomic mass is 16.5. The van der Waals surface area contributed by atoms with Gasteiger partial charge in [0, 0.05) is 25.0 Å². The zero-order chi connectivity index (χ0) is 12.8. The molecule has 96 valence electrons. The molecule has 1 aromatic heterocycles. The summed E-state index contributed by atoms with van der Waals surface area (Å²) in [7, 11) is 1.69. The summed E-state index contributed by atoms with van der Waals surface area (Å²) in [4.78, 5) is 0. The minimum absolute atomic E-state index is 0.302. The van der Waals surface area contributed by atoms with E-state index in [0.717, 1.165) is 18.8 Å². The summed E-state index contributed by atoms with van der Waals surface area (Å²) in [6, 6.07) is 10.4. The van der Waals surface area contributed by atoms with Crippen LogP contribution in [0.2, 0.25) is 0 Å². The molecule has 0 amide bonds. The van der Waals surface area contributed by atoms with E-state index in [0.29, 0.717) is 6.04 Å². The summed E-state index contributed by atoms with van der Waals surface area (Å²) in [6.07, 6.45) is 3.77. The molecule has 1 unspecified atom stereocenters. The molecule has 0 fully saturated rings. The summed E-state index contributed by atoms with van der Waals surface area (Å²) in [6.45, 7) is 3.92. The van der Waals surface area contributed by atoms with Gasteiger partial charge in [-0.05, 0) is 30.7 Å². The summed E-state index contributed by atoms with van der Waals surface area (Å²) in [5.41, 5.74) is 1.23. The zero-order valence-electron chi connectivity index (χ0n) is 10.8. The van der Waals surface area contributed by atoms with Gasteiger partial charge in [0.05, 0.1) is 13.7 Å². The van der Waals surface area contributed by atoms with E-state index in [-0.39, 0.29) is 0 Å². The number of hydrogen-bond acceptors (Lipinski definition) is 3. The van der Waals surface area contributed by atoms with Crippen molar-refractivity contribution >= 4 is 0 Å². The lowest BCUT2D eigenvalue weighted by molar-refractivity contribution is 0.413. The minimum atomic E-state index is 0.302. The monoisotopic (exact) mass is 245 g/mol. The Hall–Kier alpha value is -1.81. The molecule has 1 aromatic carbocycles. The maximum atomic E-state index is 5.23. The average Bonchev–Trinajstić information content (AvgIpc) is 2.92. The predicted molar refractivity (Wildman–Crippen MR) is 71.6 cm³/mol. The Morgan fingerprint density at radius 1 is 1.39 bits per heavy atom. The van der Waals surface area contributed by atoms with Gasteiger partial charge in [-0.3, -0.25) is 4.68 Å². The normalized spacial score (nSPS) is 12.3. The first-order valence-corrected chi connectivity index (χ1v) is 6.14. The number of nitrogens with one attached hydrogen (secondary N) is 1. The van der Waals surface area contributed by atoms with Crippen LogP contribution in [0.3, 0.4) is 0 Å². The van der Waals surface area contributed by atoms with E-state index in [9.17, 15) is 0 Å². The van der Waals surface area contributed by atoms with Crippen LogP contribution in [0, 0.1) is 0 Å². The second-order valence-corrected chi connectivity index (χ2v) is 4.22. The van der Waals surface area contributed by atoms with Crippen LogP contribution in [0.4, 0.5) is 0 Å². The van der Waals surface area contributed by atoms with Crippen LogP contribution in [0.25, 0.3) is 0 Å². The zero-order valence-corrected chi connectivity index (χ0v) is 10.8. The Kier molecular flexibility index (Phi) is 4.36. The Morgan fingerprint density at radius 2 is 2.28 bits per heavy atom. The third-order valence-corrected chi connectivity index (χ3v) is 2.94. The minimum Gasteiger partial charge on any atom is -0.497 e. The Bertz CT molecular complexity index is 468. The van der Waals surface area contributed by atoms with Crippen molar-refractivity contribution in [2.45, 2.75) is 19.5 Å². The molecule has 18 heavy (non-hydrogen) atoms. The second kappa shape index (κ2) is 6.21. The van der Waals surface area contributed by atoms with Crippen LogP contribution < -0.4 is 10.1 Å². The Morgan fingerprint density at radius 3 is 3.00 bits per heavy atom. The first-order chi connectivity index (χ1) is 8.79. The SMILES string of the molecule is COc1cccc(C(C)NCCn2cccn2)c1. The molecule has 0 spiro atoms. The molecule has 0 saturated carbocycles. The molecule has 0 aliphatic carbocycles. The molecular formula is C14H19N3O. The fourth-order valence-corrected chi connectivity index (χ4v) is 1.86. The molecular weight excluding hydrogens is 226 g/mol. The van der Waals surface area contributed by atoms with Crippen LogP contribution >= 0.6 is 0 Å². The van der Waals surface area contributed by atoms with Crippen LogP contribution in [0.15, 0.2) is 42.7 Å². The summed E-state index contributed by atoms with van der Waals surface area (Å²) < 4.78 is 7.15. The number of benzene rings is 1. The second-order valence-electron chi connectivity index (χ2n) is 4.22. The van der Waals surface area contributed by atoms with Crippen molar-refractivity contribution in [1.29, 1.82) is 0 Å². The van der Waals surface area contributed by atoms with Gasteiger partial charge in [0.15, 0.2) is 0 Å². The highest BCUT2D eigenvalue weighted by Crippen LogP contribution is 2.18. The van der Waals surface area contributed by atoms with E-state index >= 15 is 0 Å². The molecule has 2 rings (SSSR count). The number of nitrogens with zero attached hydrogens (tertiary/aromatic N) is 2. The molecule has 0 aliphatic rings. The fourth-order valence-electron chi connectivity index (χ4n) is 1.86. The molecule has 4 nitrogen and oxygen atoms in total. The lowest BCUT2D eigenvalue weighted by Gasteiger charge is -2.15. The third kappa shape index (κ3) is 3.34.